The van der Waals surface area contributed by atoms with E-state index < -0.39 is 16.0 Å². The van der Waals surface area contributed by atoms with Gasteiger partial charge in [0.2, 0.25) is 5.52 Å². The summed E-state index contributed by atoms with van der Waals surface area (Å²) >= 11 is 15.2. The van der Waals surface area contributed by atoms with E-state index in [-0.39, 0.29) is 0 Å². The molecule has 0 unspecified atom stereocenters. The van der Waals surface area contributed by atoms with Crippen molar-refractivity contribution in [3.8, 4) is 0 Å². The molecule has 3 aromatic rings. The van der Waals surface area contributed by atoms with Crippen LogP contribution < -0.4 is 9.47 Å². The van der Waals surface area contributed by atoms with E-state index >= 15 is 0 Å². The number of thioether (sulfide) groups is 1. The summed E-state index contributed by atoms with van der Waals surface area (Å²) in [7, 11) is -2.29. The minimum absolute atomic E-state index is 0.498. The molecule has 2 aromatic carbocycles. The van der Waals surface area contributed by atoms with Crippen molar-refractivity contribution in [3.63, 3.8) is 0 Å². The first-order valence-electron chi connectivity index (χ1n) is 7.71. The lowest BCUT2D eigenvalue weighted by molar-refractivity contribution is -0.642. The van der Waals surface area contributed by atoms with Crippen LogP contribution in [0.15, 0.2) is 46.3 Å². The van der Waals surface area contributed by atoms with E-state index in [0.717, 1.165) is 20.1 Å². The molecule has 0 radical (unpaired) electrons. The molecule has 140 valence electrons. The summed E-state index contributed by atoms with van der Waals surface area (Å²) in [5.74, 6) is -0.542. The average Bonchev–Trinajstić information content (AvgIpc) is 3.06. The highest BCUT2D eigenvalue weighted by molar-refractivity contribution is 8.04. The van der Waals surface area contributed by atoms with Crippen molar-refractivity contribution in [2.75, 3.05) is 10.8 Å². The maximum atomic E-state index is 11.6. The Morgan fingerprint density at radius 3 is 2.63 bits per heavy atom. The first-order valence-corrected chi connectivity index (χ1v) is 11.7. The molecule has 5 nitrogen and oxygen atoms in total. The summed E-state index contributed by atoms with van der Waals surface area (Å²) in [5.41, 5.74) is 1.65. The van der Waals surface area contributed by atoms with Crippen LogP contribution in [0.4, 0.5) is 5.69 Å². The van der Waals surface area contributed by atoms with E-state index in [9.17, 15) is 13.0 Å². The van der Waals surface area contributed by atoms with Crippen LogP contribution in [0.1, 0.15) is 5.01 Å². The van der Waals surface area contributed by atoms with Gasteiger partial charge in [-0.2, -0.15) is 13.0 Å². The highest BCUT2D eigenvalue weighted by Gasteiger charge is 2.30. The molecule has 0 spiro atoms. The summed E-state index contributed by atoms with van der Waals surface area (Å²) in [6.07, 6.45) is 1.91. The second-order valence-electron chi connectivity index (χ2n) is 5.95. The first-order chi connectivity index (χ1) is 12.7. The number of benzene rings is 2. The van der Waals surface area contributed by atoms with Gasteiger partial charge in [-0.05, 0) is 30.3 Å². The lowest BCUT2D eigenvalue weighted by atomic mass is 10.3. The van der Waals surface area contributed by atoms with Crippen molar-refractivity contribution >= 4 is 78.4 Å². The van der Waals surface area contributed by atoms with Gasteiger partial charge in [-0.15, -0.1) is 0 Å². The summed E-state index contributed by atoms with van der Waals surface area (Å²) in [6, 6.07) is 11.0. The molecule has 0 saturated carbocycles. The second kappa shape index (κ2) is 6.95. The van der Waals surface area contributed by atoms with Crippen LogP contribution in [-0.2, 0) is 17.2 Å². The Kier molecular flexibility index (Phi) is 4.90. The Hall–Kier alpha value is -1.29. The second-order valence-corrected chi connectivity index (χ2v) is 10.4. The highest BCUT2D eigenvalue weighted by Crippen LogP contribution is 2.47. The molecule has 0 atom stereocenters. The Morgan fingerprint density at radius 2 is 1.89 bits per heavy atom. The van der Waals surface area contributed by atoms with Gasteiger partial charge in [0, 0.05) is 21.0 Å². The van der Waals surface area contributed by atoms with E-state index in [1.807, 2.05) is 42.0 Å². The molecule has 1 aromatic heterocycles. The highest BCUT2D eigenvalue weighted by atomic mass is 35.5. The molecule has 2 heterocycles. The molecule has 1 N–H and O–H groups in total. The number of nitrogens with zero attached hydrogens (tertiary/aromatic N) is 2. The zero-order chi connectivity index (χ0) is 19.3. The van der Waals surface area contributed by atoms with Gasteiger partial charge >= 0.3 is 0 Å². The van der Waals surface area contributed by atoms with Crippen LogP contribution in [0, 0.1) is 0 Å². The number of aromatic nitrogens is 1. The van der Waals surface area contributed by atoms with Crippen LogP contribution in [0.3, 0.4) is 0 Å². The number of halogens is 2. The molecule has 0 saturated heterocycles. The number of thiazole rings is 1. The van der Waals surface area contributed by atoms with Crippen molar-refractivity contribution in [2.45, 2.75) is 4.90 Å². The Bertz CT molecular complexity index is 1210. The van der Waals surface area contributed by atoms with Crippen molar-refractivity contribution in [1.82, 2.24) is 0 Å². The van der Waals surface area contributed by atoms with Crippen molar-refractivity contribution in [1.29, 1.82) is 0 Å². The number of hydrogen-bond acceptors (Lipinski definition) is 5. The van der Waals surface area contributed by atoms with Crippen LogP contribution in [0.5, 0.6) is 0 Å². The SMILES string of the molecule is C[n+]1c(C=C2Sc3ccc(Cl)cc3N2CS(=O)(=O)O)sc2ccc(Cl)cc21. The number of aryl methyl sites for hydroxylation is 1. The van der Waals surface area contributed by atoms with E-state index in [1.54, 1.807) is 28.4 Å². The van der Waals surface area contributed by atoms with Crippen molar-refractivity contribution < 1.29 is 17.5 Å². The number of rotatable bonds is 3. The van der Waals surface area contributed by atoms with Crippen LogP contribution in [0.25, 0.3) is 16.3 Å². The smallest absolute Gasteiger partial charge is 0.283 e. The third-order valence-electron chi connectivity index (χ3n) is 4.06. The van der Waals surface area contributed by atoms with E-state index in [1.165, 1.54) is 11.8 Å². The predicted molar refractivity (Wildman–Crippen MR) is 112 cm³/mol. The van der Waals surface area contributed by atoms with Gasteiger partial charge < -0.3 is 4.90 Å². The van der Waals surface area contributed by atoms with Gasteiger partial charge in [-0.1, -0.05) is 46.3 Å². The van der Waals surface area contributed by atoms with Gasteiger partial charge in [-0.3, -0.25) is 4.55 Å². The quantitative estimate of drug-likeness (QED) is 0.450. The molecule has 0 bridgehead atoms. The van der Waals surface area contributed by atoms with Crippen molar-refractivity contribution in [3.05, 3.63) is 56.5 Å². The topological polar surface area (TPSA) is 61.5 Å². The van der Waals surface area contributed by atoms with E-state index in [2.05, 4.69) is 0 Å². The van der Waals surface area contributed by atoms with Crippen molar-refractivity contribution in [2.24, 2.45) is 7.05 Å². The minimum Gasteiger partial charge on any atom is -0.317 e. The predicted octanol–water partition coefficient (Wildman–Crippen LogP) is 4.79. The Labute approximate surface area is 174 Å². The summed E-state index contributed by atoms with van der Waals surface area (Å²) in [5, 5.41) is 2.77. The Morgan fingerprint density at radius 1 is 1.19 bits per heavy atom. The maximum Gasteiger partial charge on any atom is 0.283 e. The monoisotopic (exact) mass is 459 g/mol. The fourth-order valence-electron chi connectivity index (χ4n) is 2.85. The fourth-order valence-corrected chi connectivity index (χ4v) is 6.09. The van der Waals surface area contributed by atoms with E-state index in [0.29, 0.717) is 20.8 Å². The molecule has 1 aliphatic heterocycles. The normalized spacial score (nSPS) is 15.7. The molecule has 10 heteroatoms. The molecule has 4 rings (SSSR count). The third kappa shape index (κ3) is 3.83. The fraction of sp³-hybridized carbons (Fsp3) is 0.118. The number of hydrogen-bond donors (Lipinski definition) is 1. The first kappa shape index (κ1) is 19.0. The Balaban J connectivity index is 1.83. The van der Waals surface area contributed by atoms with Gasteiger partial charge in [-0.25, -0.2) is 0 Å². The zero-order valence-corrected chi connectivity index (χ0v) is 17.8. The standard InChI is InChI=1S/C17H12Cl2N2O3S3/c1-20-12-6-10(18)2-4-14(12)25-16(20)8-17-21(9-27(22,23)24)13-7-11(19)3-5-15(13)26-17/h2-8H,9H2,1H3/p+1. The zero-order valence-electron chi connectivity index (χ0n) is 13.9. The van der Waals surface area contributed by atoms with Gasteiger partial charge in [0.1, 0.15) is 11.7 Å². The molecule has 0 fully saturated rings. The van der Waals surface area contributed by atoms with Crippen LogP contribution in [0.2, 0.25) is 10.0 Å². The lowest BCUT2D eigenvalue weighted by Gasteiger charge is -2.18. The number of fused-ring (bicyclic) bond motifs is 2. The molecule has 1 aliphatic rings. The molecule has 0 amide bonds. The summed E-state index contributed by atoms with van der Waals surface area (Å²) in [6.45, 7) is 0. The molecule has 27 heavy (non-hydrogen) atoms. The van der Waals surface area contributed by atoms with E-state index in [4.69, 9.17) is 23.2 Å². The van der Waals surface area contributed by atoms with Gasteiger partial charge in [0.15, 0.2) is 5.88 Å². The number of anilines is 1. The minimum atomic E-state index is -4.22. The summed E-state index contributed by atoms with van der Waals surface area (Å²) < 4.78 is 35.6. The maximum absolute atomic E-state index is 11.6. The largest absolute Gasteiger partial charge is 0.317 e. The molecular formula is C17H13Cl2N2O3S3+. The molecular weight excluding hydrogens is 447 g/mol. The lowest BCUT2D eigenvalue weighted by Crippen LogP contribution is -2.30. The van der Waals surface area contributed by atoms with Crippen LogP contribution in [-0.4, -0.2) is 18.8 Å². The van der Waals surface area contributed by atoms with Gasteiger partial charge in [0.05, 0.1) is 16.8 Å². The molecule has 0 aliphatic carbocycles. The third-order valence-corrected chi connectivity index (χ3v) is 7.39. The van der Waals surface area contributed by atoms with Crippen LogP contribution >= 0.6 is 46.3 Å². The summed E-state index contributed by atoms with van der Waals surface area (Å²) in [4.78, 5) is 2.43. The average molecular weight is 460 g/mol. The van der Waals surface area contributed by atoms with Gasteiger partial charge in [0.25, 0.3) is 15.1 Å².